The van der Waals surface area contributed by atoms with Crippen molar-refractivity contribution in [2.45, 2.75) is 6.10 Å². The van der Waals surface area contributed by atoms with E-state index in [4.69, 9.17) is 22.7 Å². The quantitative estimate of drug-likeness (QED) is 0.862. The van der Waals surface area contributed by atoms with E-state index in [1.807, 2.05) is 42.5 Å². The Balaban J connectivity index is 1.84. The average molecular weight is 300 g/mol. The fourth-order valence-corrected chi connectivity index (χ4v) is 2.65. The maximum absolute atomic E-state index is 12.6. The van der Waals surface area contributed by atoms with Gasteiger partial charge >= 0.3 is 0 Å². The van der Waals surface area contributed by atoms with E-state index >= 15 is 0 Å². The zero-order chi connectivity index (χ0) is 14.8. The second-order valence-corrected chi connectivity index (χ2v) is 5.55. The number of carbonyl (C=O) groups is 1. The lowest BCUT2D eigenvalue weighted by Gasteiger charge is -2.32. The van der Waals surface area contributed by atoms with Crippen molar-refractivity contribution in [1.82, 2.24) is 4.90 Å². The lowest BCUT2D eigenvalue weighted by molar-refractivity contribution is 0.00879. The minimum Gasteiger partial charge on any atom is -0.391 e. The zero-order valence-corrected chi connectivity index (χ0v) is 12.3. The number of hydrogen-bond acceptors (Lipinski definition) is 3. The van der Waals surface area contributed by atoms with E-state index in [9.17, 15) is 4.79 Å². The van der Waals surface area contributed by atoms with Gasteiger partial charge in [0.2, 0.25) is 0 Å². The number of amides is 1. The lowest BCUT2D eigenvalue weighted by Crippen LogP contribution is -2.49. The maximum atomic E-state index is 12.6. The van der Waals surface area contributed by atoms with Gasteiger partial charge in [0, 0.05) is 12.1 Å². The van der Waals surface area contributed by atoms with Crippen molar-refractivity contribution in [1.29, 1.82) is 0 Å². The Morgan fingerprint density at radius 3 is 2.76 bits per heavy atom. The number of ether oxygens (including phenoxy) is 1. The summed E-state index contributed by atoms with van der Waals surface area (Å²) in [6.07, 6.45) is -0.349. The molecule has 0 bridgehead atoms. The highest BCUT2D eigenvalue weighted by molar-refractivity contribution is 7.80. The summed E-state index contributed by atoms with van der Waals surface area (Å²) in [5, 5.41) is 2.18. The van der Waals surface area contributed by atoms with Crippen LogP contribution in [-0.4, -0.2) is 41.6 Å². The van der Waals surface area contributed by atoms with Gasteiger partial charge in [0.05, 0.1) is 13.2 Å². The normalized spacial score (nSPS) is 18.7. The average Bonchev–Trinajstić information content (AvgIpc) is 2.53. The SMILES string of the molecule is NC(=S)C1CN(C(=O)c2ccc3ccccc3c2)CCO1. The molecule has 0 aliphatic carbocycles. The van der Waals surface area contributed by atoms with Gasteiger partial charge in [-0.15, -0.1) is 0 Å². The van der Waals surface area contributed by atoms with Gasteiger partial charge in [-0.25, -0.2) is 0 Å². The third-order valence-electron chi connectivity index (χ3n) is 3.67. The molecule has 0 aromatic heterocycles. The molecule has 1 fully saturated rings. The van der Waals surface area contributed by atoms with Crippen LogP contribution in [0.15, 0.2) is 42.5 Å². The minimum atomic E-state index is -0.349. The molecule has 1 amide bonds. The van der Waals surface area contributed by atoms with Crippen LogP contribution in [0.5, 0.6) is 0 Å². The van der Waals surface area contributed by atoms with Gasteiger partial charge < -0.3 is 15.4 Å². The van der Waals surface area contributed by atoms with Crippen LogP contribution < -0.4 is 5.73 Å². The molecule has 1 unspecified atom stereocenters. The Morgan fingerprint density at radius 1 is 1.24 bits per heavy atom. The Hall–Kier alpha value is -1.98. The number of thiocarbonyl (C=S) groups is 1. The summed E-state index contributed by atoms with van der Waals surface area (Å²) in [5.74, 6) is -0.00898. The van der Waals surface area contributed by atoms with Crippen molar-refractivity contribution in [3.8, 4) is 0 Å². The molecule has 0 spiro atoms. The molecular formula is C16H16N2O2S. The highest BCUT2D eigenvalue weighted by atomic mass is 32.1. The summed E-state index contributed by atoms with van der Waals surface area (Å²) in [6.45, 7) is 1.44. The standard InChI is InChI=1S/C16H16N2O2S/c17-15(21)14-10-18(7-8-20-14)16(19)13-6-5-11-3-1-2-4-12(11)9-13/h1-6,9,14H,7-8,10H2,(H2,17,21). The molecule has 1 aliphatic heterocycles. The number of nitrogens with two attached hydrogens (primary N) is 1. The highest BCUT2D eigenvalue weighted by Crippen LogP contribution is 2.18. The Morgan fingerprint density at radius 2 is 2.00 bits per heavy atom. The lowest BCUT2D eigenvalue weighted by atomic mass is 10.1. The van der Waals surface area contributed by atoms with E-state index in [2.05, 4.69) is 0 Å². The predicted molar refractivity (Wildman–Crippen MR) is 86.4 cm³/mol. The van der Waals surface area contributed by atoms with Crippen LogP contribution >= 0.6 is 12.2 Å². The molecule has 4 nitrogen and oxygen atoms in total. The van der Waals surface area contributed by atoms with Gasteiger partial charge in [-0.1, -0.05) is 42.5 Å². The monoisotopic (exact) mass is 300 g/mol. The van der Waals surface area contributed by atoms with Crippen LogP contribution in [0.2, 0.25) is 0 Å². The maximum Gasteiger partial charge on any atom is 0.254 e. The molecule has 2 aromatic carbocycles. The summed E-state index contributed by atoms with van der Waals surface area (Å²) >= 11 is 4.95. The van der Waals surface area contributed by atoms with Crippen LogP contribution in [0.3, 0.4) is 0 Å². The Labute approximate surface area is 128 Å². The molecule has 5 heteroatoms. The van der Waals surface area contributed by atoms with E-state index in [0.29, 0.717) is 30.2 Å². The number of benzene rings is 2. The van der Waals surface area contributed by atoms with Gasteiger partial charge in [-0.05, 0) is 22.9 Å². The van der Waals surface area contributed by atoms with Crippen molar-refractivity contribution in [2.75, 3.05) is 19.7 Å². The first-order valence-electron chi connectivity index (χ1n) is 6.84. The van der Waals surface area contributed by atoms with Crippen LogP contribution in [0.1, 0.15) is 10.4 Å². The van der Waals surface area contributed by atoms with Gasteiger partial charge in [-0.3, -0.25) is 4.79 Å². The van der Waals surface area contributed by atoms with Crippen LogP contribution in [-0.2, 0) is 4.74 Å². The van der Waals surface area contributed by atoms with Crippen molar-refractivity contribution in [3.05, 3.63) is 48.0 Å². The van der Waals surface area contributed by atoms with Crippen LogP contribution in [0.25, 0.3) is 10.8 Å². The van der Waals surface area contributed by atoms with Crippen LogP contribution in [0, 0.1) is 0 Å². The first-order valence-corrected chi connectivity index (χ1v) is 7.25. The molecule has 2 N–H and O–H groups in total. The van der Waals surface area contributed by atoms with Crippen molar-refractivity contribution < 1.29 is 9.53 Å². The molecule has 2 aromatic rings. The molecule has 0 saturated carbocycles. The fourth-order valence-electron chi connectivity index (χ4n) is 2.51. The zero-order valence-electron chi connectivity index (χ0n) is 11.5. The third-order valence-corrected chi connectivity index (χ3v) is 3.93. The Kier molecular flexibility index (Phi) is 3.86. The molecule has 1 atom stereocenters. The molecular weight excluding hydrogens is 284 g/mol. The van der Waals surface area contributed by atoms with Gasteiger partial charge in [0.1, 0.15) is 11.1 Å². The molecule has 108 valence electrons. The van der Waals surface area contributed by atoms with Crippen LogP contribution in [0.4, 0.5) is 0 Å². The van der Waals surface area contributed by atoms with Crippen molar-refractivity contribution in [2.24, 2.45) is 5.73 Å². The summed E-state index contributed by atoms with van der Waals surface area (Å²) in [7, 11) is 0. The minimum absolute atomic E-state index is 0.00898. The summed E-state index contributed by atoms with van der Waals surface area (Å²) in [6, 6.07) is 13.7. The van der Waals surface area contributed by atoms with Gasteiger partial charge in [0.25, 0.3) is 5.91 Å². The van der Waals surface area contributed by atoms with E-state index < -0.39 is 0 Å². The van der Waals surface area contributed by atoms with E-state index in [-0.39, 0.29) is 12.0 Å². The van der Waals surface area contributed by atoms with E-state index in [1.165, 1.54) is 0 Å². The van der Waals surface area contributed by atoms with E-state index in [0.717, 1.165) is 10.8 Å². The molecule has 1 heterocycles. The highest BCUT2D eigenvalue weighted by Gasteiger charge is 2.26. The second-order valence-electron chi connectivity index (χ2n) is 5.07. The third kappa shape index (κ3) is 2.89. The van der Waals surface area contributed by atoms with Gasteiger partial charge in [0.15, 0.2) is 0 Å². The molecule has 1 saturated heterocycles. The first-order chi connectivity index (χ1) is 10.1. The van der Waals surface area contributed by atoms with Gasteiger partial charge in [-0.2, -0.15) is 0 Å². The topological polar surface area (TPSA) is 55.6 Å². The molecule has 21 heavy (non-hydrogen) atoms. The number of nitrogens with zero attached hydrogens (tertiary/aromatic N) is 1. The molecule has 0 radical (unpaired) electrons. The fraction of sp³-hybridized carbons (Fsp3) is 0.250. The summed E-state index contributed by atoms with van der Waals surface area (Å²) in [5.41, 5.74) is 6.29. The van der Waals surface area contributed by atoms with Crippen molar-refractivity contribution >= 4 is 33.9 Å². The second kappa shape index (κ2) is 5.79. The number of morpholine rings is 1. The predicted octanol–water partition coefficient (Wildman–Crippen LogP) is 1.97. The Bertz CT molecular complexity index is 701. The smallest absolute Gasteiger partial charge is 0.254 e. The number of hydrogen-bond donors (Lipinski definition) is 1. The molecule has 3 rings (SSSR count). The van der Waals surface area contributed by atoms with Crippen molar-refractivity contribution in [3.63, 3.8) is 0 Å². The van der Waals surface area contributed by atoms with E-state index in [1.54, 1.807) is 4.90 Å². The number of fused-ring (bicyclic) bond motifs is 1. The summed E-state index contributed by atoms with van der Waals surface area (Å²) in [4.78, 5) is 14.6. The summed E-state index contributed by atoms with van der Waals surface area (Å²) < 4.78 is 5.47. The number of rotatable bonds is 2. The largest absolute Gasteiger partial charge is 0.391 e. The number of carbonyl (C=O) groups excluding carboxylic acids is 1. The molecule has 1 aliphatic rings. The first kappa shape index (κ1) is 14.0.